The summed E-state index contributed by atoms with van der Waals surface area (Å²) >= 11 is 0. The fraction of sp³-hybridized carbons (Fsp3) is 0.308. The molecular formula is C13H17N3O5. The highest BCUT2D eigenvalue weighted by Crippen LogP contribution is 2.26. The van der Waals surface area contributed by atoms with Gasteiger partial charge in [-0.05, 0) is 18.2 Å². The van der Waals surface area contributed by atoms with Crippen molar-refractivity contribution in [1.82, 2.24) is 5.32 Å². The number of benzene rings is 1. The van der Waals surface area contributed by atoms with Gasteiger partial charge < -0.3 is 25.8 Å². The maximum atomic E-state index is 11.5. The van der Waals surface area contributed by atoms with E-state index in [0.29, 0.717) is 5.69 Å². The minimum atomic E-state index is -0.559. The Kier molecular flexibility index (Phi) is 6.15. The number of likely N-dealkylation sites (N-methyl/N-ethyl adjacent to an activating group) is 1. The molecule has 0 radical (unpaired) electrons. The molecule has 1 rings (SSSR count). The lowest BCUT2D eigenvalue weighted by atomic mass is 10.2. The Morgan fingerprint density at radius 3 is 2.52 bits per heavy atom. The Labute approximate surface area is 121 Å². The second-order valence-electron chi connectivity index (χ2n) is 3.92. The molecule has 0 aliphatic rings. The van der Waals surface area contributed by atoms with E-state index in [9.17, 15) is 14.4 Å². The lowest BCUT2D eigenvalue weighted by molar-refractivity contribution is -0.122. The third-order valence-electron chi connectivity index (χ3n) is 2.50. The molecule has 114 valence electrons. The molecule has 0 spiro atoms. The van der Waals surface area contributed by atoms with E-state index in [1.165, 1.54) is 32.4 Å². The molecule has 0 aromatic heterocycles. The number of amides is 2. The van der Waals surface area contributed by atoms with Crippen LogP contribution in [0.5, 0.6) is 5.75 Å². The summed E-state index contributed by atoms with van der Waals surface area (Å²) in [6.07, 6.45) is 0. The van der Waals surface area contributed by atoms with Crippen molar-refractivity contribution in [2.24, 2.45) is 5.73 Å². The van der Waals surface area contributed by atoms with Gasteiger partial charge in [0.05, 0.1) is 24.9 Å². The van der Waals surface area contributed by atoms with Crippen LogP contribution in [0.3, 0.4) is 0 Å². The lowest BCUT2D eigenvalue weighted by Crippen LogP contribution is -2.26. The van der Waals surface area contributed by atoms with E-state index >= 15 is 0 Å². The normalized spacial score (nSPS) is 9.67. The van der Waals surface area contributed by atoms with E-state index in [1.54, 1.807) is 0 Å². The van der Waals surface area contributed by atoms with Crippen LogP contribution in [0.25, 0.3) is 0 Å². The highest BCUT2D eigenvalue weighted by Gasteiger charge is 2.13. The summed E-state index contributed by atoms with van der Waals surface area (Å²) in [7, 11) is 2.71. The monoisotopic (exact) mass is 295 g/mol. The number of nitrogens with two attached hydrogens (primary N) is 1. The van der Waals surface area contributed by atoms with Gasteiger partial charge in [0.1, 0.15) is 5.75 Å². The average Bonchev–Trinajstić information content (AvgIpc) is 2.52. The zero-order chi connectivity index (χ0) is 15.8. The summed E-state index contributed by atoms with van der Waals surface area (Å²) in [5.41, 5.74) is 5.76. The smallest absolute Gasteiger partial charge is 0.337 e. The lowest BCUT2D eigenvalue weighted by Gasteiger charge is -2.13. The van der Waals surface area contributed by atoms with Crippen molar-refractivity contribution in [1.29, 1.82) is 0 Å². The van der Waals surface area contributed by atoms with Gasteiger partial charge in [0.25, 0.3) is 5.91 Å². The Morgan fingerprint density at radius 1 is 1.24 bits per heavy atom. The molecule has 0 aliphatic carbocycles. The molecule has 0 bridgehead atoms. The van der Waals surface area contributed by atoms with Crippen molar-refractivity contribution in [3.8, 4) is 5.75 Å². The van der Waals surface area contributed by atoms with E-state index in [4.69, 9.17) is 10.5 Å². The molecule has 0 unspecified atom stereocenters. The van der Waals surface area contributed by atoms with Crippen LogP contribution in [0, 0.1) is 0 Å². The van der Waals surface area contributed by atoms with Crippen molar-refractivity contribution in [3.63, 3.8) is 0 Å². The topological polar surface area (TPSA) is 120 Å². The van der Waals surface area contributed by atoms with E-state index in [2.05, 4.69) is 15.4 Å². The Hall–Kier alpha value is -2.61. The first-order chi connectivity index (χ1) is 10.0. The number of anilines is 1. The molecule has 0 fully saturated rings. The molecule has 1 aromatic rings. The SMILES string of the molecule is CNC(=O)COc1cc(C(=O)OC)ccc1NC(=O)CN. The maximum Gasteiger partial charge on any atom is 0.337 e. The van der Waals surface area contributed by atoms with Crippen LogP contribution in [-0.2, 0) is 14.3 Å². The fourth-order valence-corrected chi connectivity index (χ4v) is 1.41. The minimum absolute atomic E-state index is 0.170. The first-order valence-corrected chi connectivity index (χ1v) is 6.07. The minimum Gasteiger partial charge on any atom is -0.482 e. The van der Waals surface area contributed by atoms with Gasteiger partial charge in [-0.25, -0.2) is 4.79 Å². The Morgan fingerprint density at radius 2 is 1.95 bits per heavy atom. The molecule has 21 heavy (non-hydrogen) atoms. The number of hydrogen-bond donors (Lipinski definition) is 3. The standard InChI is InChI=1S/C13H17N3O5/c1-15-12(18)7-21-10-5-8(13(19)20-2)3-4-9(10)16-11(17)6-14/h3-5H,6-7,14H2,1-2H3,(H,15,18)(H,16,17). The molecule has 2 amide bonds. The molecule has 8 nitrogen and oxygen atoms in total. The number of carbonyl (C=O) groups excluding carboxylic acids is 3. The van der Waals surface area contributed by atoms with Gasteiger partial charge in [-0.1, -0.05) is 0 Å². The van der Waals surface area contributed by atoms with E-state index in [-0.39, 0.29) is 30.4 Å². The summed E-state index contributed by atoms with van der Waals surface area (Å²) in [6, 6.07) is 4.31. The highest BCUT2D eigenvalue weighted by atomic mass is 16.5. The van der Waals surface area contributed by atoms with Crippen molar-refractivity contribution >= 4 is 23.5 Å². The largest absolute Gasteiger partial charge is 0.482 e. The number of nitrogens with one attached hydrogen (secondary N) is 2. The number of rotatable bonds is 6. The fourth-order valence-electron chi connectivity index (χ4n) is 1.41. The summed E-state index contributed by atoms with van der Waals surface area (Å²) in [6.45, 7) is -0.458. The average molecular weight is 295 g/mol. The number of hydrogen-bond acceptors (Lipinski definition) is 6. The Bertz CT molecular complexity index is 545. The van der Waals surface area contributed by atoms with Crippen LogP contribution in [-0.4, -0.2) is 45.1 Å². The first kappa shape index (κ1) is 16.4. The summed E-state index contributed by atoms with van der Waals surface area (Å²) in [5, 5.41) is 4.91. The quantitative estimate of drug-likeness (QED) is 0.608. The maximum absolute atomic E-state index is 11.5. The number of methoxy groups -OCH3 is 1. The van der Waals surface area contributed by atoms with Gasteiger partial charge in [0, 0.05) is 7.05 Å². The summed E-state index contributed by atoms with van der Waals surface area (Å²) < 4.78 is 9.89. The third-order valence-corrected chi connectivity index (χ3v) is 2.50. The molecule has 0 saturated carbocycles. The van der Waals surface area contributed by atoms with Crippen molar-refractivity contribution in [2.45, 2.75) is 0 Å². The van der Waals surface area contributed by atoms with E-state index in [1.807, 2.05) is 0 Å². The predicted octanol–water partition coefficient (Wildman–Crippen LogP) is -0.505. The van der Waals surface area contributed by atoms with Crippen molar-refractivity contribution in [2.75, 3.05) is 32.6 Å². The van der Waals surface area contributed by atoms with Gasteiger partial charge >= 0.3 is 5.97 Å². The second kappa shape index (κ2) is 7.85. The van der Waals surface area contributed by atoms with Crippen LogP contribution in [0.4, 0.5) is 5.69 Å². The van der Waals surface area contributed by atoms with E-state index in [0.717, 1.165) is 0 Å². The Balaban J connectivity index is 3.02. The van der Waals surface area contributed by atoms with Gasteiger partial charge in [-0.15, -0.1) is 0 Å². The zero-order valence-corrected chi connectivity index (χ0v) is 11.8. The van der Waals surface area contributed by atoms with Gasteiger partial charge in [0.15, 0.2) is 6.61 Å². The molecule has 0 heterocycles. The van der Waals surface area contributed by atoms with Gasteiger partial charge in [0.2, 0.25) is 5.91 Å². The van der Waals surface area contributed by atoms with Crippen LogP contribution >= 0.6 is 0 Å². The summed E-state index contributed by atoms with van der Waals surface area (Å²) in [4.78, 5) is 34.0. The van der Waals surface area contributed by atoms with Crippen LogP contribution < -0.4 is 21.1 Å². The summed E-state index contributed by atoms with van der Waals surface area (Å²) in [5.74, 6) is -1.17. The number of carbonyl (C=O) groups is 3. The molecule has 4 N–H and O–H groups in total. The van der Waals surface area contributed by atoms with E-state index < -0.39 is 11.9 Å². The predicted molar refractivity (Wildman–Crippen MR) is 75.0 cm³/mol. The highest BCUT2D eigenvalue weighted by molar-refractivity contribution is 5.96. The second-order valence-corrected chi connectivity index (χ2v) is 3.92. The van der Waals surface area contributed by atoms with Gasteiger partial charge in [-0.3, -0.25) is 9.59 Å². The van der Waals surface area contributed by atoms with Crippen LogP contribution in [0.1, 0.15) is 10.4 Å². The number of ether oxygens (including phenoxy) is 2. The molecule has 0 aliphatic heterocycles. The number of esters is 1. The first-order valence-electron chi connectivity index (χ1n) is 6.07. The molecule has 1 aromatic carbocycles. The molecule has 8 heteroatoms. The van der Waals surface area contributed by atoms with Gasteiger partial charge in [-0.2, -0.15) is 0 Å². The zero-order valence-electron chi connectivity index (χ0n) is 11.8. The van der Waals surface area contributed by atoms with Crippen molar-refractivity contribution in [3.05, 3.63) is 23.8 Å². The third kappa shape index (κ3) is 4.77. The molecule has 0 atom stereocenters. The molecule has 0 saturated heterocycles. The van der Waals surface area contributed by atoms with Crippen LogP contribution in [0.15, 0.2) is 18.2 Å². The van der Waals surface area contributed by atoms with Crippen LogP contribution in [0.2, 0.25) is 0 Å². The van der Waals surface area contributed by atoms with Crippen molar-refractivity contribution < 1.29 is 23.9 Å². The molecular weight excluding hydrogens is 278 g/mol.